The fourth-order valence-electron chi connectivity index (χ4n) is 3.79. The molecule has 0 heterocycles. The van der Waals surface area contributed by atoms with Crippen molar-refractivity contribution in [3.63, 3.8) is 0 Å². The number of fused-ring (bicyclic) bond motifs is 2. The van der Waals surface area contributed by atoms with E-state index < -0.39 is 8.32 Å². The summed E-state index contributed by atoms with van der Waals surface area (Å²) < 4.78 is 6.15. The molecule has 2 saturated carbocycles. The van der Waals surface area contributed by atoms with Crippen molar-refractivity contribution >= 4 is 14.1 Å². The van der Waals surface area contributed by atoms with E-state index in [-0.39, 0.29) is 22.7 Å². The Kier molecular flexibility index (Phi) is 2.72. The molecule has 2 aliphatic carbocycles. The van der Waals surface area contributed by atoms with Crippen molar-refractivity contribution in [2.45, 2.75) is 52.4 Å². The van der Waals surface area contributed by atoms with Gasteiger partial charge in [-0.3, -0.25) is 4.79 Å². The van der Waals surface area contributed by atoms with Crippen LogP contribution in [0.5, 0.6) is 0 Å². The average molecular weight is 252 g/mol. The topological polar surface area (TPSA) is 26.3 Å². The van der Waals surface area contributed by atoms with E-state index in [9.17, 15) is 4.79 Å². The van der Waals surface area contributed by atoms with Crippen LogP contribution in [0.1, 0.15) is 26.7 Å². The van der Waals surface area contributed by atoms with Crippen LogP contribution in [0.3, 0.4) is 0 Å². The second-order valence-electron chi connectivity index (χ2n) is 7.06. The predicted octanol–water partition coefficient (Wildman–Crippen LogP) is 3.40. The molecule has 0 aromatic rings. The van der Waals surface area contributed by atoms with E-state index in [1.807, 2.05) is 6.08 Å². The van der Waals surface area contributed by atoms with Crippen LogP contribution >= 0.6 is 0 Å². The number of hydrogen-bond donors (Lipinski definition) is 0. The molecule has 3 atom stereocenters. The lowest BCUT2D eigenvalue weighted by molar-refractivity contribution is -0.133. The Bertz CT molecular complexity index is 367. The largest absolute Gasteiger partial charge is 0.407 e. The Balaban J connectivity index is 2.37. The first-order chi connectivity index (χ1) is 7.66. The van der Waals surface area contributed by atoms with Crippen LogP contribution in [-0.4, -0.2) is 20.2 Å². The number of carbonyl (C=O) groups is 1. The van der Waals surface area contributed by atoms with Gasteiger partial charge in [0.25, 0.3) is 0 Å². The van der Waals surface area contributed by atoms with Crippen LogP contribution < -0.4 is 0 Å². The van der Waals surface area contributed by atoms with E-state index in [4.69, 9.17) is 4.43 Å². The molecule has 0 aliphatic heterocycles. The van der Waals surface area contributed by atoms with Crippen molar-refractivity contribution < 1.29 is 9.22 Å². The maximum Gasteiger partial charge on any atom is 0.184 e. The Morgan fingerprint density at radius 2 is 2.00 bits per heavy atom. The van der Waals surface area contributed by atoms with Gasteiger partial charge in [0.2, 0.25) is 0 Å². The minimum absolute atomic E-state index is 0.0101. The van der Waals surface area contributed by atoms with Gasteiger partial charge in [0.15, 0.2) is 14.1 Å². The summed E-state index contributed by atoms with van der Waals surface area (Å²) in [6.45, 7) is 14.8. The zero-order valence-electron chi connectivity index (χ0n) is 11.7. The number of Topliss-reactive ketones (excluding diaryl/α,β-unsaturated/α-hetero) is 1. The van der Waals surface area contributed by atoms with Crippen LogP contribution in [0.25, 0.3) is 0 Å². The fraction of sp³-hybridized carbons (Fsp3) is 0.786. The molecular weight excluding hydrogens is 228 g/mol. The van der Waals surface area contributed by atoms with E-state index in [2.05, 4.69) is 40.1 Å². The maximum absolute atomic E-state index is 12.6. The van der Waals surface area contributed by atoms with Crippen LogP contribution in [0.15, 0.2) is 12.7 Å². The van der Waals surface area contributed by atoms with E-state index in [1.54, 1.807) is 0 Å². The molecule has 2 fully saturated rings. The lowest BCUT2D eigenvalue weighted by Crippen LogP contribution is -2.42. The smallest absolute Gasteiger partial charge is 0.184 e. The van der Waals surface area contributed by atoms with Gasteiger partial charge in [0.1, 0.15) is 6.10 Å². The molecule has 96 valence electrons. The van der Waals surface area contributed by atoms with Crippen molar-refractivity contribution in [2.24, 2.45) is 16.7 Å². The number of ketones is 1. The van der Waals surface area contributed by atoms with Gasteiger partial charge in [-0.05, 0) is 43.8 Å². The second-order valence-corrected chi connectivity index (χ2v) is 11.5. The zero-order valence-corrected chi connectivity index (χ0v) is 12.7. The molecule has 0 radical (unpaired) electrons. The van der Waals surface area contributed by atoms with Gasteiger partial charge in [-0.2, -0.15) is 0 Å². The van der Waals surface area contributed by atoms with E-state index >= 15 is 0 Å². The lowest BCUT2D eigenvalue weighted by atomic mass is 9.69. The summed E-state index contributed by atoms with van der Waals surface area (Å²) in [5.74, 6) is 0.663. The van der Waals surface area contributed by atoms with Crippen LogP contribution in [0, 0.1) is 16.7 Å². The molecule has 0 spiro atoms. The summed E-state index contributed by atoms with van der Waals surface area (Å²) >= 11 is 0. The molecule has 0 aromatic heterocycles. The average Bonchev–Trinajstić information content (AvgIpc) is 2.51. The van der Waals surface area contributed by atoms with Crippen molar-refractivity contribution in [1.82, 2.24) is 0 Å². The van der Waals surface area contributed by atoms with Gasteiger partial charge >= 0.3 is 0 Å². The number of rotatable bonds is 3. The summed E-state index contributed by atoms with van der Waals surface area (Å²) in [5.41, 5.74) is -0.321. The highest BCUT2D eigenvalue weighted by molar-refractivity contribution is 6.69. The van der Waals surface area contributed by atoms with Crippen molar-refractivity contribution in [2.75, 3.05) is 0 Å². The molecule has 3 heteroatoms. The van der Waals surface area contributed by atoms with Gasteiger partial charge in [0, 0.05) is 0 Å². The van der Waals surface area contributed by atoms with Crippen molar-refractivity contribution in [3.8, 4) is 0 Å². The normalized spacial score (nSPS) is 39.7. The van der Waals surface area contributed by atoms with Gasteiger partial charge in [-0.1, -0.05) is 19.9 Å². The highest BCUT2D eigenvalue weighted by atomic mass is 28.4. The first-order valence-corrected chi connectivity index (χ1v) is 9.92. The highest BCUT2D eigenvalue weighted by Crippen LogP contribution is 2.65. The van der Waals surface area contributed by atoms with Gasteiger partial charge in [-0.25, -0.2) is 0 Å². The first-order valence-electron chi connectivity index (χ1n) is 6.51. The van der Waals surface area contributed by atoms with Crippen LogP contribution in [0.2, 0.25) is 19.6 Å². The third kappa shape index (κ3) is 1.59. The standard InChI is InChI=1S/C14H24O2Si/c1-7-14-9-8-10(13(14,2)3)11(12(14)15)16-17(4,5)6/h7,10-11H,1,8-9H2,2-6H3/t10-,11+,14+/m0/s1. The number of allylic oxidation sites excluding steroid dienone is 1. The molecule has 2 bridgehead atoms. The molecule has 0 N–H and O–H groups in total. The maximum atomic E-state index is 12.6. The quantitative estimate of drug-likeness (QED) is 0.568. The van der Waals surface area contributed by atoms with Gasteiger partial charge in [0.05, 0.1) is 5.41 Å². The predicted molar refractivity (Wildman–Crippen MR) is 72.4 cm³/mol. The summed E-state index contributed by atoms with van der Waals surface area (Å²) in [4.78, 5) is 12.6. The molecule has 0 saturated heterocycles. The molecule has 2 rings (SSSR count). The second kappa shape index (κ2) is 3.54. The summed E-state index contributed by atoms with van der Waals surface area (Å²) in [7, 11) is -1.66. The molecule has 0 unspecified atom stereocenters. The van der Waals surface area contributed by atoms with Gasteiger partial charge in [-0.15, -0.1) is 6.58 Å². The fourth-order valence-corrected chi connectivity index (χ4v) is 4.82. The van der Waals surface area contributed by atoms with Crippen LogP contribution in [-0.2, 0) is 9.22 Å². The first kappa shape index (κ1) is 13.0. The summed E-state index contributed by atoms with van der Waals surface area (Å²) in [6, 6.07) is 0. The highest BCUT2D eigenvalue weighted by Gasteiger charge is 2.68. The third-order valence-electron chi connectivity index (χ3n) is 4.82. The van der Waals surface area contributed by atoms with Crippen molar-refractivity contribution in [1.29, 1.82) is 0 Å². The minimum Gasteiger partial charge on any atom is -0.407 e. The lowest BCUT2D eigenvalue weighted by Gasteiger charge is -2.32. The van der Waals surface area contributed by atoms with Gasteiger partial charge < -0.3 is 4.43 Å². The Morgan fingerprint density at radius 3 is 2.41 bits per heavy atom. The number of carbonyl (C=O) groups excluding carboxylic acids is 1. The molecule has 2 nitrogen and oxygen atoms in total. The molecule has 0 aromatic carbocycles. The Labute approximate surface area is 106 Å². The van der Waals surface area contributed by atoms with E-state index in [0.29, 0.717) is 5.92 Å². The Morgan fingerprint density at radius 1 is 1.41 bits per heavy atom. The van der Waals surface area contributed by atoms with Crippen LogP contribution in [0.4, 0.5) is 0 Å². The summed E-state index contributed by atoms with van der Waals surface area (Å²) in [5, 5.41) is 0. The Hall–Kier alpha value is -0.413. The van der Waals surface area contributed by atoms with Crippen molar-refractivity contribution in [3.05, 3.63) is 12.7 Å². The molecular formula is C14H24O2Si. The zero-order chi connectivity index (χ0) is 13.1. The monoisotopic (exact) mass is 252 g/mol. The molecule has 2 aliphatic rings. The molecule has 0 amide bonds. The minimum atomic E-state index is -1.66. The third-order valence-corrected chi connectivity index (χ3v) is 5.78. The summed E-state index contributed by atoms with van der Waals surface area (Å²) in [6.07, 6.45) is 3.77. The van der Waals surface area contributed by atoms with E-state index in [0.717, 1.165) is 12.8 Å². The van der Waals surface area contributed by atoms with E-state index in [1.165, 1.54) is 0 Å². The molecule has 17 heavy (non-hydrogen) atoms. The number of hydrogen-bond acceptors (Lipinski definition) is 2. The SMILES string of the molecule is C=C[C@@]12CC[C@@H]([C@@H](O[Si](C)(C)C)C1=O)C2(C)C.